The van der Waals surface area contributed by atoms with Crippen molar-refractivity contribution in [2.75, 3.05) is 18.2 Å². The lowest BCUT2D eigenvalue weighted by molar-refractivity contribution is -0.113. The van der Waals surface area contributed by atoms with E-state index in [1.807, 2.05) is 4.57 Å². The molecule has 0 aliphatic heterocycles. The summed E-state index contributed by atoms with van der Waals surface area (Å²) in [7, 11) is 1.33. The second kappa shape index (κ2) is 12.3. The number of allylic oxidation sites excluding steroid dienone is 1. The summed E-state index contributed by atoms with van der Waals surface area (Å²) in [6.07, 6.45) is 1.80. The van der Waals surface area contributed by atoms with Gasteiger partial charge in [0.15, 0.2) is 5.16 Å². The number of hydrogen-bond donors (Lipinski definition) is 1. The third-order valence-electron chi connectivity index (χ3n) is 4.65. The molecule has 0 saturated carbocycles. The summed E-state index contributed by atoms with van der Waals surface area (Å²) in [5.74, 6) is 2.06. The highest BCUT2D eigenvalue weighted by molar-refractivity contribution is 7.99. The number of benzene rings is 2. The number of anilines is 1. The van der Waals surface area contributed by atoms with Crippen molar-refractivity contribution in [2.45, 2.75) is 30.1 Å². The molecule has 0 aliphatic carbocycles. The molecule has 0 fully saturated rings. The van der Waals surface area contributed by atoms with Crippen LogP contribution in [0.3, 0.4) is 0 Å². The molecule has 0 bridgehead atoms. The van der Waals surface area contributed by atoms with E-state index in [0.29, 0.717) is 28.7 Å². The number of nitrogens with one attached hydrogen (secondary N) is 1. The molecule has 3 aromatic rings. The number of ether oxygens (including phenoxy) is 1. The molecule has 7 nitrogen and oxygen atoms in total. The van der Waals surface area contributed by atoms with Gasteiger partial charge in [-0.15, -0.1) is 28.5 Å². The van der Waals surface area contributed by atoms with Gasteiger partial charge in [0.05, 0.1) is 24.2 Å². The summed E-state index contributed by atoms with van der Waals surface area (Å²) < 4.78 is 6.66. The summed E-state index contributed by atoms with van der Waals surface area (Å²) in [5.41, 5.74) is 3.55. The molecule has 3 rings (SSSR count). The molecule has 0 saturated heterocycles. The minimum atomic E-state index is -0.419. The maximum absolute atomic E-state index is 12.4. The minimum Gasteiger partial charge on any atom is -0.465 e. The first-order valence-corrected chi connectivity index (χ1v) is 12.4. The van der Waals surface area contributed by atoms with Gasteiger partial charge in [-0.1, -0.05) is 47.7 Å². The SMILES string of the molecule is C=CCn1c(CSCc2ccc(C)cc2)nnc1SCC(=O)Nc1ccc(C(=O)OC)cc1. The van der Waals surface area contributed by atoms with Crippen LogP contribution in [0.5, 0.6) is 0 Å². The van der Waals surface area contributed by atoms with Crippen LogP contribution in [0.2, 0.25) is 0 Å². The molecule has 33 heavy (non-hydrogen) atoms. The average Bonchev–Trinajstić information content (AvgIpc) is 3.20. The van der Waals surface area contributed by atoms with Crippen LogP contribution in [0, 0.1) is 6.92 Å². The van der Waals surface area contributed by atoms with E-state index in [1.165, 1.54) is 30.0 Å². The molecule has 0 radical (unpaired) electrons. The van der Waals surface area contributed by atoms with Crippen molar-refractivity contribution >= 4 is 41.1 Å². The summed E-state index contributed by atoms with van der Waals surface area (Å²) in [6.45, 7) is 6.48. The highest BCUT2D eigenvalue weighted by atomic mass is 32.2. The number of carbonyl (C=O) groups excluding carboxylic acids is 2. The van der Waals surface area contributed by atoms with Crippen LogP contribution in [0.1, 0.15) is 27.3 Å². The third-order valence-corrected chi connectivity index (χ3v) is 6.61. The predicted molar refractivity (Wildman–Crippen MR) is 134 cm³/mol. The van der Waals surface area contributed by atoms with Crippen molar-refractivity contribution in [3.8, 4) is 0 Å². The number of methoxy groups -OCH3 is 1. The van der Waals surface area contributed by atoms with Gasteiger partial charge < -0.3 is 14.6 Å². The van der Waals surface area contributed by atoms with Crippen molar-refractivity contribution < 1.29 is 14.3 Å². The highest BCUT2D eigenvalue weighted by Crippen LogP contribution is 2.22. The zero-order valence-electron chi connectivity index (χ0n) is 18.6. The molecule has 9 heteroatoms. The van der Waals surface area contributed by atoms with E-state index >= 15 is 0 Å². The van der Waals surface area contributed by atoms with Crippen LogP contribution in [-0.2, 0) is 27.6 Å². The van der Waals surface area contributed by atoms with E-state index in [-0.39, 0.29) is 11.7 Å². The minimum absolute atomic E-state index is 0.172. The van der Waals surface area contributed by atoms with Gasteiger partial charge in [0, 0.05) is 18.0 Å². The quantitative estimate of drug-likeness (QED) is 0.240. The molecule has 0 unspecified atom stereocenters. The normalized spacial score (nSPS) is 10.6. The first-order valence-electron chi connectivity index (χ1n) is 10.3. The van der Waals surface area contributed by atoms with Gasteiger partial charge in [0.25, 0.3) is 0 Å². The maximum Gasteiger partial charge on any atom is 0.337 e. The Balaban J connectivity index is 1.53. The first-order chi connectivity index (χ1) is 16.0. The molecule has 1 heterocycles. The Morgan fingerprint density at radius 3 is 2.48 bits per heavy atom. The second-order valence-corrected chi connectivity index (χ2v) is 9.11. The fourth-order valence-electron chi connectivity index (χ4n) is 2.92. The molecule has 0 aliphatic rings. The Hall–Kier alpha value is -3.04. The van der Waals surface area contributed by atoms with Gasteiger partial charge >= 0.3 is 5.97 Å². The Morgan fingerprint density at radius 1 is 1.09 bits per heavy atom. The standard InChI is InChI=1S/C24H26N4O3S2/c1-4-13-28-21(15-32-14-18-7-5-17(2)6-8-18)26-27-24(28)33-16-22(29)25-20-11-9-19(10-12-20)23(30)31-3/h4-12H,1,13-16H2,2-3H3,(H,25,29). The predicted octanol–water partition coefficient (Wildman–Crippen LogP) is 4.72. The van der Waals surface area contributed by atoms with Gasteiger partial charge in [-0.3, -0.25) is 4.79 Å². The summed E-state index contributed by atoms with van der Waals surface area (Å²) in [5, 5.41) is 12.1. The smallest absolute Gasteiger partial charge is 0.337 e. The number of aryl methyl sites for hydroxylation is 1. The van der Waals surface area contributed by atoms with Crippen molar-refractivity contribution in [1.29, 1.82) is 0 Å². The van der Waals surface area contributed by atoms with Crippen LogP contribution in [0.4, 0.5) is 5.69 Å². The van der Waals surface area contributed by atoms with Crippen LogP contribution in [-0.4, -0.2) is 39.5 Å². The molecule has 1 N–H and O–H groups in total. The van der Waals surface area contributed by atoms with Crippen LogP contribution in [0.25, 0.3) is 0 Å². The lowest BCUT2D eigenvalue weighted by Crippen LogP contribution is -2.15. The van der Waals surface area contributed by atoms with Crippen LogP contribution >= 0.6 is 23.5 Å². The Kier molecular flexibility index (Phi) is 9.14. The summed E-state index contributed by atoms with van der Waals surface area (Å²) >= 11 is 3.09. The summed E-state index contributed by atoms with van der Waals surface area (Å²) in [4.78, 5) is 23.9. The molecular weight excluding hydrogens is 456 g/mol. The lowest BCUT2D eigenvalue weighted by atomic mass is 10.2. The van der Waals surface area contributed by atoms with Gasteiger partial charge in [-0.05, 0) is 36.8 Å². The zero-order valence-corrected chi connectivity index (χ0v) is 20.2. The largest absolute Gasteiger partial charge is 0.465 e. The number of amides is 1. The van der Waals surface area contributed by atoms with E-state index in [2.05, 4.69) is 58.0 Å². The van der Waals surface area contributed by atoms with E-state index in [1.54, 1.807) is 42.1 Å². The highest BCUT2D eigenvalue weighted by Gasteiger charge is 2.14. The van der Waals surface area contributed by atoms with Crippen molar-refractivity contribution in [1.82, 2.24) is 14.8 Å². The van der Waals surface area contributed by atoms with E-state index in [0.717, 1.165) is 11.6 Å². The Labute approximate surface area is 202 Å². The average molecular weight is 483 g/mol. The molecule has 0 spiro atoms. The first kappa shape index (κ1) is 24.6. The number of rotatable bonds is 11. The number of hydrogen-bond acceptors (Lipinski definition) is 7. The number of esters is 1. The molecule has 1 amide bonds. The summed E-state index contributed by atoms with van der Waals surface area (Å²) in [6, 6.07) is 15.1. The van der Waals surface area contributed by atoms with E-state index in [4.69, 9.17) is 0 Å². The van der Waals surface area contributed by atoms with Crippen molar-refractivity contribution in [3.05, 3.63) is 83.7 Å². The van der Waals surface area contributed by atoms with Gasteiger partial charge in [-0.2, -0.15) is 0 Å². The second-order valence-electron chi connectivity index (χ2n) is 7.18. The topological polar surface area (TPSA) is 86.1 Å². The third kappa shape index (κ3) is 7.23. The lowest BCUT2D eigenvalue weighted by Gasteiger charge is -2.08. The Morgan fingerprint density at radius 2 is 1.82 bits per heavy atom. The van der Waals surface area contributed by atoms with E-state index in [9.17, 15) is 9.59 Å². The number of thioether (sulfide) groups is 2. The monoisotopic (exact) mass is 482 g/mol. The molecular formula is C24H26N4O3S2. The van der Waals surface area contributed by atoms with Crippen molar-refractivity contribution in [3.63, 3.8) is 0 Å². The fraction of sp³-hybridized carbons (Fsp3) is 0.250. The fourth-order valence-corrected chi connectivity index (χ4v) is 4.62. The van der Waals surface area contributed by atoms with Gasteiger partial charge in [-0.25, -0.2) is 4.79 Å². The number of carbonyl (C=O) groups is 2. The van der Waals surface area contributed by atoms with Crippen LogP contribution < -0.4 is 5.32 Å². The number of nitrogens with zero attached hydrogens (tertiary/aromatic N) is 3. The molecule has 1 aromatic heterocycles. The molecule has 0 atom stereocenters. The van der Waals surface area contributed by atoms with Crippen molar-refractivity contribution in [2.24, 2.45) is 0 Å². The van der Waals surface area contributed by atoms with E-state index < -0.39 is 5.97 Å². The van der Waals surface area contributed by atoms with Crippen LogP contribution in [0.15, 0.2) is 66.3 Å². The number of aromatic nitrogens is 3. The molecule has 2 aromatic carbocycles. The maximum atomic E-state index is 12.4. The molecule has 172 valence electrons. The zero-order chi connectivity index (χ0) is 23.6. The van der Waals surface area contributed by atoms with Gasteiger partial charge in [0.1, 0.15) is 5.82 Å². The van der Waals surface area contributed by atoms with Gasteiger partial charge in [0.2, 0.25) is 5.91 Å². The Bertz CT molecular complexity index is 1100.